The minimum atomic E-state index is -0.263. The summed E-state index contributed by atoms with van der Waals surface area (Å²) in [6.07, 6.45) is 1.76. The molecule has 0 aliphatic heterocycles. The molecule has 2 nitrogen and oxygen atoms in total. The van der Waals surface area contributed by atoms with Crippen molar-refractivity contribution in [3.8, 4) is 0 Å². The zero-order valence-electron chi connectivity index (χ0n) is 9.32. The van der Waals surface area contributed by atoms with Gasteiger partial charge in [-0.05, 0) is 53.2 Å². The fourth-order valence-corrected chi connectivity index (χ4v) is 1.92. The van der Waals surface area contributed by atoms with Crippen molar-refractivity contribution in [3.63, 3.8) is 0 Å². The van der Waals surface area contributed by atoms with Crippen LogP contribution < -0.4 is 5.32 Å². The highest BCUT2D eigenvalue weighted by Gasteiger charge is 2.07. The van der Waals surface area contributed by atoms with Crippen LogP contribution in [0.1, 0.15) is 18.7 Å². The summed E-state index contributed by atoms with van der Waals surface area (Å²) in [6.45, 7) is 2.01. The Labute approximate surface area is 108 Å². The van der Waals surface area contributed by atoms with Crippen molar-refractivity contribution >= 4 is 21.6 Å². The van der Waals surface area contributed by atoms with Crippen molar-refractivity contribution in [2.24, 2.45) is 0 Å². The van der Waals surface area contributed by atoms with Gasteiger partial charge in [0.2, 0.25) is 0 Å². The number of hydrogen-bond acceptors (Lipinski definition) is 2. The predicted octanol–water partition coefficient (Wildman–Crippen LogP) is 4.16. The largest absolute Gasteiger partial charge is 0.377 e. The first-order valence-electron chi connectivity index (χ1n) is 5.29. The fourth-order valence-electron chi connectivity index (χ4n) is 1.54. The number of pyridine rings is 1. The Balaban J connectivity index is 2.13. The van der Waals surface area contributed by atoms with E-state index >= 15 is 0 Å². The van der Waals surface area contributed by atoms with Gasteiger partial charge in [-0.15, -0.1) is 0 Å². The molecule has 1 atom stereocenters. The summed E-state index contributed by atoms with van der Waals surface area (Å²) in [4.78, 5) is 4.27. The summed E-state index contributed by atoms with van der Waals surface area (Å²) >= 11 is 3.16. The molecule has 88 valence electrons. The first-order chi connectivity index (χ1) is 8.16. The molecule has 1 aromatic carbocycles. The lowest BCUT2D eigenvalue weighted by atomic mass is 10.2. The van der Waals surface area contributed by atoms with Gasteiger partial charge in [-0.25, -0.2) is 4.39 Å². The summed E-state index contributed by atoms with van der Waals surface area (Å²) < 4.78 is 13.5. The minimum absolute atomic E-state index is 0.0774. The van der Waals surface area contributed by atoms with Crippen LogP contribution >= 0.6 is 15.9 Å². The Morgan fingerprint density at radius 1 is 1.29 bits per heavy atom. The number of aromatic nitrogens is 1. The summed E-state index contributed by atoms with van der Waals surface area (Å²) in [5.74, 6) is -0.263. The summed E-state index contributed by atoms with van der Waals surface area (Å²) in [6, 6.07) is 10.7. The van der Waals surface area contributed by atoms with Gasteiger partial charge in [-0.1, -0.05) is 6.07 Å². The van der Waals surface area contributed by atoms with E-state index in [2.05, 4.69) is 26.2 Å². The quantitative estimate of drug-likeness (QED) is 0.919. The van der Waals surface area contributed by atoms with E-state index < -0.39 is 0 Å². The highest BCUT2D eigenvalue weighted by atomic mass is 79.9. The number of benzene rings is 1. The van der Waals surface area contributed by atoms with Gasteiger partial charge in [0.25, 0.3) is 0 Å². The van der Waals surface area contributed by atoms with Crippen molar-refractivity contribution in [3.05, 3.63) is 58.6 Å². The molecular weight excluding hydrogens is 283 g/mol. The van der Waals surface area contributed by atoms with E-state index in [4.69, 9.17) is 0 Å². The maximum absolute atomic E-state index is 13.1. The van der Waals surface area contributed by atoms with Crippen LogP contribution in [0.2, 0.25) is 0 Å². The van der Waals surface area contributed by atoms with Crippen LogP contribution in [0.25, 0.3) is 0 Å². The van der Waals surface area contributed by atoms with E-state index in [1.807, 2.05) is 25.1 Å². The van der Waals surface area contributed by atoms with Gasteiger partial charge in [0, 0.05) is 11.9 Å². The number of halogens is 2. The number of nitrogens with one attached hydrogen (secondary N) is 1. The van der Waals surface area contributed by atoms with Crippen molar-refractivity contribution in [2.75, 3.05) is 5.32 Å². The summed E-state index contributed by atoms with van der Waals surface area (Å²) in [5.41, 5.74) is 1.81. The molecular formula is C13H12BrFN2. The third-order valence-corrected chi connectivity index (χ3v) is 3.04. The molecule has 4 heteroatoms. The fraction of sp³-hybridized carbons (Fsp3) is 0.154. The van der Waals surface area contributed by atoms with Crippen LogP contribution in [-0.4, -0.2) is 4.98 Å². The highest BCUT2D eigenvalue weighted by molar-refractivity contribution is 9.10. The first-order valence-corrected chi connectivity index (χ1v) is 6.08. The average molecular weight is 295 g/mol. The summed E-state index contributed by atoms with van der Waals surface area (Å²) in [7, 11) is 0. The van der Waals surface area contributed by atoms with E-state index in [0.29, 0.717) is 4.47 Å². The van der Waals surface area contributed by atoms with Gasteiger partial charge in [0.15, 0.2) is 0 Å². The van der Waals surface area contributed by atoms with E-state index in [1.165, 1.54) is 6.07 Å². The molecule has 0 saturated carbocycles. The van der Waals surface area contributed by atoms with Crippen LogP contribution in [-0.2, 0) is 0 Å². The topological polar surface area (TPSA) is 24.9 Å². The molecule has 0 amide bonds. The van der Waals surface area contributed by atoms with Crippen LogP contribution in [0.15, 0.2) is 47.1 Å². The normalized spacial score (nSPS) is 12.2. The van der Waals surface area contributed by atoms with E-state index in [-0.39, 0.29) is 11.9 Å². The Bertz CT molecular complexity index is 502. The zero-order chi connectivity index (χ0) is 12.3. The smallest absolute Gasteiger partial charge is 0.137 e. The molecule has 0 aliphatic carbocycles. The van der Waals surface area contributed by atoms with Gasteiger partial charge in [0.05, 0.1) is 16.2 Å². The highest BCUT2D eigenvalue weighted by Crippen LogP contribution is 2.23. The van der Waals surface area contributed by atoms with E-state index in [9.17, 15) is 4.39 Å². The lowest BCUT2D eigenvalue weighted by Crippen LogP contribution is -2.08. The number of anilines is 1. The first kappa shape index (κ1) is 12.0. The van der Waals surface area contributed by atoms with E-state index in [0.717, 1.165) is 11.4 Å². The number of rotatable bonds is 3. The molecule has 1 unspecified atom stereocenters. The molecule has 0 saturated heterocycles. The second-order valence-electron chi connectivity index (χ2n) is 3.75. The Kier molecular flexibility index (Phi) is 3.74. The second-order valence-corrected chi connectivity index (χ2v) is 4.60. The zero-order valence-corrected chi connectivity index (χ0v) is 10.9. The third kappa shape index (κ3) is 3.03. The van der Waals surface area contributed by atoms with Gasteiger partial charge >= 0.3 is 0 Å². The maximum Gasteiger partial charge on any atom is 0.137 e. The van der Waals surface area contributed by atoms with Crippen LogP contribution in [0.5, 0.6) is 0 Å². The Hall–Kier alpha value is -1.42. The Morgan fingerprint density at radius 3 is 2.76 bits per heavy atom. The molecule has 2 aromatic rings. The molecule has 2 rings (SSSR count). The van der Waals surface area contributed by atoms with Crippen LogP contribution in [0, 0.1) is 5.82 Å². The molecule has 0 fully saturated rings. The standard InChI is InChI=1S/C13H12BrFN2/c1-9(13-4-2-3-7-16-13)17-10-5-6-12(15)11(14)8-10/h2-9,17H,1H3. The molecule has 0 radical (unpaired) electrons. The minimum Gasteiger partial charge on any atom is -0.377 e. The van der Waals surface area contributed by atoms with Gasteiger partial charge in [-0.3, -0.25) is 4.98 Å². The molecule has 0 aliphatic rings. The molecule has 1 N–H and O–H groups in total. The molecule has 1 aromatic heterocycles. The lowest BCUT2D eigenvalue weighted by Gasteiger charge is -2.14. The van der Waals surface area contributed by atoms with Gasteiger partial charge in [0.1, 0.15) is 5.82 Å². The number of nitrogens with zero attached hydrogens (tertiary/aromatic N) is 1. The van der Waals surface area contributed by atoms with Crippen molar-refractivity contribution in [1.82, 2.24) is 4.98 Å². The summed E-state index contributed by atoms with van der Waals surface area (Å²) in [5, 5.41) is 3.27. The molecule has 0 bridgehead atoms. The monoisotopic (exact) mass is 294 g/mol. The van der Waals surface area contributed by atoms with Gasteiger partial charge in [-0.2, -0.15) is 0 Å². The molecule has 17 heavy (non-hydrogen) atoms. The number of hydrogen-bond donors (Lipinski definition) is 1. The van der Waals surface area contributed by atoms with Gasteiger partial charge < -0.3 is 5.32 Å². The van der Waals surface area contributed by atoms with Crippen molar-refractivity contribution in [1.29, 1.82) is 0 Å². The van der Waals surface area contributed by atoms with Crippen LogP contribution in [0.4, 0.5) is 10.1 Å². The van der Waals surface area contributed by atoms with Crippen LogP contribution in [0.3, 0.4) is 0 Å². The lowest BCUT2D eigenvalue weighted by molar-refractivity contribution is 0.621. The van der Waals surface area contributed by atoms with Crippen molar-refractivity contribution in [2.45, 2.75) is 13.0 Å². The van der Waals surface area contributed by atoms with E-state index in [1.54, 1.807) is 18.3 Å². The molecule has 0 spiro atoms. The van der Waals surface area contributed by atoms with Crippen molar-refractivity contribution < 1.29 is 4.39 Å². The second kappa shape index (κ2) is 5.27. The average Bonchev–Trinajstić information content (AvgIpc) is 2.35. The third-order valence-electron chi connectivity index (χ3n) is 2.43. The maximum atomic E-state index is 13.1. The SMILES string of the molecule is CC(Nc1ccc(F)c(Br)c1)c1ccccn1. The Morgan fingerprint density at radius 2 is 2.12 bits per heavy atom. The predicted molar refractivity (Wildman–Crippen MR) is 70.4 cm³/mol. The molecule has 1 heterocycles.